The zero-order valence-corrected chi connectivity index (χ0v) is 19.0. The van der Waals surface area contributed by atoms with E-state index in [4.69, 9.17) is 14.7 Å². The van der Waals surface area contributed by atoms with Gasteiger partial charge in [0.2, 0.25) is 5.91 Å². The SMILES string of the molecule is C=CC1=C(/C(=C\C)Oc2ccc(C#N)nc2)CCC1Oc1ccc(C2CC(=O)NSN2)cc1. The summed E-state index contributed by atoms with van der Waals surface area (Å²) in [5.74, 6) is 2.08. The number of carbonyl (C=O) groups excluding carboxylic acids is 1. The van der Waals surface area contributed by atoms with Gasteiger partial charge in [-0.2, -0.15) is 5.26 Å². The molecule has 1 aromatic heterocycles. The normalized spacial score (nSPS) is 20.7. The molecule has 1 fully saturated rings. The van der Waals surface area contributed by atoms with E-state index >= 15 is 0 Å². The minimum absolute atomic E-state index is 0.0158. The molecule has 1 saturated heterocycles. The zero-order valence-electron chi connectivity index (χ0n) is 18.2. The molecule has 2 aliphatic rings. The molecule has 1 aliphatic heterocycles. The summed E-state index contributed by atoms with van der Waals surface area (Å²) in [4.78, 5) is 15.7. The Morgan fingerprint density at radius 1 is 1.27 bits per heavy atom. The Morgan fingerprint density at radius 3 is 2.70 bits per heavy atom. The van der Waals surface area contributed by atoms with Crippen LogP contribution >= 0.6 is 12.1 Å². The minimum atomic E-state index is -0.130. The van der Waals surface area contributed by atoms with Gasteiger partial charge >= 0.3 is 0 Å². The fourth-order valence-electron chi connectivity index (χ4n) is 3.90. The second-order valence-corrected chi connectivity index (χ2v) is 8.24. The van der Waals surface area contributed by atoms with Crippen LogP contribution in [0.3, 0.4) is 0 Å². The lowest BCUT2D eigenvalue weighted by Crippen LogP contribution is -2.33. The van der Waals surface area contributed by atoms with Gasteiger partial charge in [-0.05, 0) is 61.2 Å². The minimum Gasteiger partial charge on any atom is -0.486 e. The molecule has 0 saturated carbocycles. The Bertz CT molecular complexity index is 1130. The number of amides is 1. The molecule has 0 spiro atoms. The smallest absolute Gasteiger partial charge is 0.232 e. The van der Waals surface area contributed by atoms with Crippen molar-refractivity contribution in [3.8, 4) is 17.6 Å². The van der Waals surface area contributed by atoms with Crippen LogP contribution in [0.5, 0.6) is 11.5 Å². The van der Waals surface area contributed by atoms with Crippen LogP contribution in [0, 0.1) is 11.3 Å². The molecule has 2 aromatic rings. The van der Waals surface area contributed by atoms with Crippen molar-refractivity contribution in [1.29, 1.82) is 5.26 Å². The molecular weight excluding hydrogens is 436 g/mol. The average Bonchev–Trinajstić information content (AvgIpc) is 3.25. The van der Waals surface area contributed by atoms with Crippen molar-refractivity contribution in [2.24, 2.45) is 0 Å². The number of allylic oxidation sites excluding steroid dienone is 2. The van der Waals surface area contributed by atoms with Crippen molar-refractivity contribution in [3.05, 3.63) is 89.5 Å². The summed E-state index contributed by atoms with van der Waals surface area (Å²) in [7, 11) is 0. The first-order valence-electron chi connectivity index (χ1n) is 10.6. The Morgan fingerprint density at radius 2 is 2.06 bits per heavy atom. The van der Waals surface area contributed by atoms with Gasteiger partial charge in [0.1, 0.15) is 35.1 Å². The Hall–Kier alpha value is -3.54. The predicted octanol–water partition coefficient (Wildman–Crippen LogP) is 4.67. The number of rotatable bonds is 7. The van der Waals surface area contributed by atoms with Gasteiger partial charge in [-0.3, -0.25) is 9.52 Å². The van der Waals surface area contributed by atoms with Gasteiger partial charge in [0.25, 0.3) is 0 Å². The van der Waals surface area contributed by atoms with Gasteiger partial charge < -0.3 is 9.47 Å². The van der Waals surface area contributed by atoms with E-state index in [1.807, 2.05) is 49.4 Å². The van der Waals surface area contributed by atoms with E-state index in [-0.39, 0.29) is 18.1 Å². The molecule has 1 aromatic carbocycles. The molecule has 1 aliphatic carbocycles. The molecular formula is C25H24N4O3S. The molecule has 2 unspecified atom stereocenters. The lowest BCUT2D eigenvalue weighted by Gasteiger charge is -2.23. The van der Waals surface area contributed by atoms with Crippen LogP contribution in [-0.2, 0) is 4.79 Å². The number of benzene rings is 1. The second-order valence-electron chi connectivity index (χ2n) is 7.60. The molecule has 2 heterocycles. The number of pyridine rings is 1. The highest BCUT2D eigenvalue weighted by atomic mass is 32.2. The summed E-state index contributed by atoms with van der Waals surface area (Å²) >= 11 is 1.21. The van der Waals surface area contributed by atoms with E-state index in [0.29, 0.717) is 17.9 Å². The van der Waals surface area contributed by atoms with Crippen molar-refractivity contribution in [1.82, 2.24) is 14.4 Å². The maximum Gasteiger partial charge on any atom is 0.232 e. The van der Waals surface area contributed by atoms with Crippen LogP contribution < -0.4 is 18.9 Å². The lowest BCUT2D eigenvalue weighted by molar-refractivity contribution is -0.120. The van der Waals surface area contributed by atoms with Crippen LogP contribution in [0.25, 0.3) is 0 Å². The number of hydrogen-bond donors (Lipinski definition) is 2. The lowest BCUT2D eigenvalue weighted by atomic mass is 10.0. The number of nitrogens with one attached hydrogen (secondary N) is 2. The topological polar surface area (TPSA) is 96.3 Å². The molecule has 7 nitrogen and oxygen atoms in total. The first kappa shape index (κ1) is 22.6. The molecule has 2 N–H and O–H groups in total. The third-order valence-electron chi connectivity index (χ3n) is 5.53. The van der Waals surface area contributed by atoms with Gasteiger partial charge in [0, 0.05) is 24.1 Å². The molecule has 2 atom stereocenters. The highest BCUT2D eigenvalue weighted by molar-refractivity contribution is 7.96. The van der Waals surface area contributed by atoms with Crippen molar-refractivity contribution in [3.63, 3.8) is 0 Å². The second kappa shape index (κ2) is 10.4. The Balaban J connectivity index is 1.46. The highest BCUT2D eigenvalue weighted by Crippen LogP contribution is 2.36. The molecule has 8 heteroatoms. The van der Waals surface area contributed by atoms with E-state index in [1.165, 1.54) is 12.1 Å². The fourth-order valence-corrected chi connectivity index (χ4v) is 4.51. The van der Waals surface area contributed by atoms with E-state index in [0.717, 1.165) is 41.1 Å². The van der Waals surface area contributed by atoms with Crippen molar-refractivity contribution in [2.75, 3.05) is 0 Å². The maximum atomic E-state index is 11.6. The molecule has 33 heavy (non-hydrogen) atoms. The fraction of sp³-hybridized carbons (Fsp3) is 0.240. The molecule has 0 bridgehead atoms. The van der Waals surface area contributed by atoms with Crippen LogP contribution in [0.1, 0.15) is 43.5 Å². The standard InChI is InChI=1S/C25H24N4O3S/c1-3-20-21(23(4-2)32-19-10-7-17(14-26)27-15-19)11-12-24(20)31-18-8-5-16(6-9-18)22-13-25(30)29-33-28-22/h3-10,15,22,24,28H,1,11-13H2,2H3,(H,29,30)/b23-4+. The Labute approximate surface area is 197 Å². The number of ether oxygens (including phenoxy) is 2. The number of nitrogens with zero attached hydrogens (tertiary/aromatic N) is 2. The summed E-state index contributed by atoms with van der Waals surface area (Å²) < 4.78 is 18.2. The summed E-state index contributed by atoms with van der Waals surface area (Å²) in [6, 6.07) is 13.2. The summed E-state index contributed by atoms with van der Waals surface area (Å²) in [6.07, 6.45) is 7.17. The van der Waals surface area contributed by atoms with Crippen LogP contribution in [0.4, 0.5) is 0 Å². The molecule has 1 amide bonds. The van der Waals surface area contributed by atoms with Crippen LogP contribution in [0.2, 0.25) is 0 Å². The Kier molecular flexibility index (Phi) is 7.13. The number of hydrogen-bond acceptors (Lipinski definition) is 7. The van der Waals surface area contributed by atoms with Gasteiger partial charge in [0.05, 0.1) is 12.2 Å². The largest absolute Gasteiger partial charge is 0.486 e. The van der Waals surface area contributed by atoms with Gasteiger partial charge in [-0.25, -0.2) is 9.71 Å². The van der Waals surface area contributed by atoms with Gasteiger partial charge in [-0.1, -0.05) is 24.8 Å². The predicted molar refractivity (Wildman–Crippen MR) is 127 cm³/mol. The maximum absolute atomic E-state index is 11.6. The van der Waals surface area contributed by atoms with Crippen molar-refractivity contribution in [2.45, 2.75) is 38.3 Å². The van der Waals surface area contributed by atoms with Gasteiger partial charge in [-0.15, -0.1) is 0 Å². The summed E-state index contributed by atoms with van der Waals surface area (Å²) in [6.45, 7) is 5.92. The average molecular weight is 461 g/mol. The molecule has 168 valence electrons. The zero-order chi connectivity index (χ0) is 23.2. The first-order valence-corrected chi connectivity index (χ1v) is 11.5. The van der Waals surface area contributed by atoms with E-state index in [9.17, 15) is 4.79 Å². The number of aromatic nitrogens is 1. The van der Waals surface area contributed by atoms with Crippen molar-refractivity contribution < 1.29 is 14.3 Å². The monoisotopic (exact) mass is 460 g/mol. The number of carbonyl (C=O) groups is 1. The molecule has 0 radical (unpaired) electrons. The van der Waals surface area contributed by atoms with E-state index < -0.39 is 0 Å². The first-order chi connectivity index (χ1) is 16.1. The molecule has 4 rings (SSSR count). The third kappa shape index (κ3) is 5.28. The van der Waals surface area contributed by atoms with E-state index in [2.05, 4.69) is 21.0 Å². The highest BCUT2D eigenvalue weighted by Gasteiger charge is 2.28. The van der Waals surface area contributed by atoms with Crippen LogP contribution in [0.15, 0.2) is 78.2 Å². The summed E-state index contributed by atoms with van der Waals surface area (Å²) in [5.41, 5.74) is 3.43. The van der Waals surface area contributed by atoms with Crippen LogP contribution in [-0.4, -0.2) is 17.0 Å². The van der Waals surface area contributed by atoms with Gasteiger partial charge in [0.15, 0.2) is 0 Å². The number of nitriles is 1. The van der Waals surface area contributed by atoms with Crippen molar-refractivity contribution >= 4 is 18.0 Å². The quantitative estimate of drug-likeness (QED) is 0.458. The third-order valence-corrected chi connectivity index (χ3v) is 6.26. The van der Waals surface area contributed by atoms with E-state index in [1.54, 1.807) is 18.3 Å². The summed E-state index contributed by atoms with van der Waals surface area (Å²) in [5, 5.41) is 8.92.